The van der Waals surface area contributed by atoms with Crippen LogP contribution in [0.5, 0.6) is 5.75 Å². The number of rotatable bonds is 5. The number of nitrogens with zero attached hydrogens (tertiary/aromatic N) is 1. The fourth-order valence-electron chi connectivity index (χ4n) is 2.53. The highest BCUT2D eigenvalue weighted by atomic mass is 35.5. The topological polar surface area (TPSA) is 69.4 Å². The molecule has 0 aliphatic heterocycles. The van der Waals surface area contributed by atoms with Crippen molar-refractivity contribution in [3.8, 4) is 5.75 Å². The van der Waals surface area contributed by atoms with Gasteiger partial charge in [-0.15, -0.1) is 0 Å². The Hall–Kier alpha value is -2.66. The smallest absolute Gasteiger partial charge is 0.346 e. The fourth-order valence-corrected chi connectivity index (χ4v) is 2.73. The average Bonchev–Trinajstić information content (AvgIpc) is 2.61. The summed E-state index contributed by atoms with van der Waals surface area (Å²) in [7, 11) is 0. The molecule has 3 rings (SSSR count). The number of unbranched alkanes of at least 4 members (excludes halogenated alkanes) is 1. The van der Waals surface area contributed by atoms with E-state index in [2.05, 4.69) is 4.98 Å². The van der Waals surface area contributed by atoms with Gasteiger partial charge in [-0.1, -0.05) is 37.1 Å². The highest BCUT2D eigenvalue weighted by Gasteiger charge is 2.20. The van der Waals surface area contributed by atoms with Crippen LogP contribution in [0.4, 0.5) is 0 Å². The fraction of sp³-hybridized carbons (Fsp3) is 0.211. The molecule has 0 aliphatic carbocycles. The van der Waals surface area contributed by atoms with E-state index in [4.69, 9.17) is 20.8 Å². The minimum atomic E-state index is -0.661. The first kappa shape index (κ1) is 17.2. The molecule has 0 amide bonds. The number of pyridine rings is 1. The summed E-state index contributed by atoms with van der Waals surface area (Å²) >= 11 is 5.97. The quantitative estimate of drug-likeness (QED) is 0.384. The Kier molecular flexibility index (Phi) is 5.14. The highest BCUT2D eigenvalue weighted by molar-refractivity contribution is 6.32. The molecule has 2 heterocycles. The molecule has 2 aromatic heterocycles. The Bertz CT molecular complexity index is 981. The Balaban J connectivity index is 2.11. The first-order valence-electron chi connectivity index (χ1n) is 7.99. The lowest BCUT2D eigenvalue weighted by atomic mass is 10.1. The number of halogens is 1. The number of benzene rings is 1. The van der Waals surface area contributed by atoms with Crippen LogP contribution in [0.15, 0.2) is 51.8 Å². The molecule has 25 heavy (non-hydrogen) atoms. The normalized spacial score (nSPS) is 10.8. The van der Waals surface area contributed by atoms with Gasteiger partial charge in [-0.05, 0) is 37.1 Å². The molecule has 0 saturated heterocycles. The highest BCUT2D eigenvalue weighted by Crippen LogP contribution is 2.29. The van der Waals surface area contributed by atoms with Gasteiger partial charge >= 0.3 is 11.6 Å². The summed E-state index contributed by atoms with van der Waals surface area (Å²) in [5.41, 5.74) is 0.372. The molecule has 5 nitrogen and oxygen atoms in total. The standard InChI is InChI=1S/C19H16ClNO4/c1-2-3-7-13-16(12-8-4-5-10-15(12)24-18(13)22)25-19(23)14-9-6-11-21-17(14)20/h4-6,8-11H,2-3,7H2,1H3. The minimum Gasteiger partial charge on any atom is -0.422 e. The molecular weight excluding hydrogens is 342 g/mol. The van der Waals surface area contributed by atoms with Crippen LogP contribution in [0.3, 0.4) is 0 Å². The van der Waals surface area contributed by atoms with Gasteiger partial charge in [0.25, 0.3) is 0 Å². The lowest BCUT2D eigenvalue weighted by Gasteiger charge is -2.12. The van der Waals surface area contributed by atoms with Crippen molar-refractivity contribution in [3.05, 3.63) is 69.3 Å². The predicted molar refractivity (Wildman–Crippen MR) is 95.3 cm³/mol. The summed E-state index contributed by atoms with van der Waals surface area (Å²) < 4.78 is 10.9. The maximum absolute atomic E-state index is 12.5. The molecule has 0 atom stereocenters. The average molecular weight is 358 g/mol. The van der Waals surface area contributed by atoms with E-state index < -0.39 is 11.6 Å². The zero-order valence-corrected chi connectivity index (χ0v) is 14.4. The third kappa shape index (κ3) is 3.56. The van der Waals surface area contributed by atoms with E-state index in [9.17, 15) is 9.59 Å². The van der Waals surface area contributed by atoms with Gasteiger partial charge in [0, 0.05) is 6.20 Å². The molecule has 128 valence electrons. The van der Waals surface area contributed by atoms with Crippen molar-refractivity contribution >= 4 is 28.5 Å². The molecule has 0 unspecified atom stereocenters. The number of aromatic nitrogens is 1. The molecule has 0 bridgehead atoms. The van der Waals surface area contributed by atoms with Crippen molar-refractivity contribution in [2.24, 2.45) is 0 Å². The van der Waals surface area contributed by atoms with Crippen molar-refractivity contribution in [1.29, 1.82) is 0 Å². The molecule has 3 aromatic rings. The predicted octanol–water partition coefficient (Wildman–Crippen LogP) is 4.40. The summed E-state index contributed by atoms with van der Waals surface area (Å²) in [4.78, 5) is 28.8. The van der Waals surface area contributed by atoms with Crippen LogP contribution in [-0.4, -0.2) is 11.0 Å². The molecule has 0 radical (unpaired) electrons. The number of esters is 1. The molecule has 6 heteroatoms. The van der Waals surface area contributed by atoms with Gasteiger partial charge in [-0.3, -0.25) is 0 Å². The van der Waals surface area contributed by atoms with E-state index in [0.29, 0.717) is 23.0 Å². The molecule has 0 aliphatic rings. The number of ether oxygens (including phenoxy) is 1. The second kappa shape index (κ2) is 7.49. The lowest BCUT2D eigenvalue weighted by molar-refractivity contribution is 0.0734. The Morgan fingerprint density at radius 1 is 1.24 bits per heavy atom. The Morgan fingerprint density at radius 2 is 2.04 bits per heavy atom. The van der Waals surface area contributed by atoms with Gasteiger partial charge in [-0.2, -0.15) is 0 Å². The zero-order chi connectivity index (χ0) is 17.8. The van der Waals surface area contributed by atoms with Gasteiger partial charge < -0.3 is 9.15 Å². The second-order valence-electron chi connectivity index (χ2n) is 5.53. The Morgan fingerprint density at radius 3 is 2.80 bits per heavy atom. The number of hydrogen-bond acceptors (Lipinski definition) is 5. The molecule has 0 fully saturated rings. The number of fused-ring (bicyclic) bond motifs is 1. The van der Waals surface area contributed by atoms with Crippen molar-refractivity contribution in [1.82, 2.24) is 4.98 Å². The van der Waals surface area contributed by atoms with Crippen LogP contribution >= 0.6 is 11.6 Å². The first-order chi connectivity index (χ1) is 12.1. The largest absolute Gasteiger partial charge is 0.422 e. The summed E-state index contributed by atoms with van der Waals surface area (Å²) in [6.07, 6.45) is 3.63. The maximum Gasteiger partial charge on any atom is 0.346 e. The van der Waals surface area contributed by atoms with Crippen LogP contribution in [0.2, 0.25) is 5.15 Å². The van der Waals surface area contributed by atoms with Crippen LogP contribution in [0.25, 0.3) is 11.0 Å². The molecule has 1 aromatic carbocycles. The number of para-hydroxylation sites is 1. The van der Waals surface area contributed by atoms with E-state index in [1.54, 1.807) is 30.3 Å². The van der Waals surface area contributed by atoms with Gasteiger partial charge in [0.2, 0.25) is 0 Å². The Labute approximate surface area is 149 Å². The summed E-state index contributed by atoms with van der Waals surface area (Å²) in [6.45, 7) is 2.02. The van der Waals surface area contributed by atoms with Crippen molar-refractivity contribution in [2.45, 2.75) is 26.2 Å². The van der Waals surface area contributed by atoms with Crippen molar-refractivity contribution < 1.29 is 13.9 Å². The molecule has 0 saturated carbocycles. The van der Waals surface area contributed by atoms with Gasteiger partial charge in [0.1, 0.15) is 10.7 Å². The van der Waals surface area contributed by atoms with Gasteiger partial charge in [-0.25, -0.2) is 14.6 Å². The van der Waals surface area contributed by atoms with Crippen LogP contribution in [0.1, 0.15) is 35.7 Å². The number of carbonyl (C=O) groups is 1. The lowest BCUT2D eigenvalue weighted by Crippen LogP contribution is -2.16. The van der Waals surface area contributed by atoms with Crippen LogP contribution in [0, 0.1) is 0 Å². The van der Waals surface area contributed by atoms with Crippen molar-refractivity contribution in [2.75, 3.05) is 0 Å². The van der Waals surface area contributed by atoms with Crippen molar-refractivity contribution in [3.63, 3.8) is 0 Å². The van der Waals surface area contributed by atoms with E-state index in [-0.39, 0.29) is 16.5 Å². The third-order valence-corrected chi connectivity index (χ3v) is 4.11. The minimum absolute atomic E-state index is 0.0508. The summed E-state index contributed by atoms with van der Waals surface area (Å²) in [5.74, 6) is -0.433. The van der Waals surface area contributed by atoms with E-state index in [1.165, 1.54) is 12.3 Å². The zero-order valence-electron chi connectivity index (χ0n) is 13.6. The monoisotopic (exact) mass is 357 g/mol. The SMILES string of the molecule is CCCCc1c(OC(=O)c2cccnc2Cl)c2ccccc2oc1=O. The third-order valence-electron chi connectivity index (χ3n) is 3.81. The number of carbonyl (C=O) groups excluding carboxylic acids is 1. The van der Waals surface area contributed by atoms with E-state index in [1.807, 2.05) is 6.92 Å². The summed E-state index contributed by atoms with van der Waals surface area (Å²) in [5, 5.41) is 0.622. The first-order valence-corrected chi connectivity index (χ1v) is 8.37. The summed E-state index contributed by atoms with van der Waals surface area (Å²) in [6, 6.07) is 10.1. The van der Waals surface area contributed by atoms with Gasteiger partial charge in [0.05, 0.1) is 16.5 Å². The molecule has 0 N–H and O–H groups in total. The van der Waals surface area contributed by atoms with Crippen LogP contribution in [-0.2, 0) is 6.42 Å². The van der Waals surface area contributed by atoms with E-state index >= 15 is 0 Å². The molecular formula is C19H16ClNO4. The van der Waals surface area contributed by atoms with E-state index in [0.717, 1.165) is 12.8 Å². The number of hydrogen-bond donors (Lipinski definition) is 0. The maximum atomic E-state index is 12.5. The molecule has 0 spiro atoms. The van der Waals surface area contributed by atoms with Crippen LogP contribution < -0.4 is 10.4 Å². The van der Waals surface area contributed by atoms with Gasteiger partial charge in [0.15, 0.2) is 5.75 Å². The second-order valence-corrected chi connectivity index (χ2v) is 5.89.